The first kappa shape index (κ1) is 24.7. The molecule has 0 spiro atoms. The molecular formula is C26H22N6O3. The number of carbonyl (C=O) groups is 1. The van der Waals surface area contributed by atoms with E-state index in [0.717, 1.165) is 11.1 Å². The van der Waals surface area contributed by atoms with Gasteiger partial charge >= 0.3 is 0 Å². The number of benzene rings is 2. The number of nitrogens with zero attached hydrogens (tertiary/aromatic N) is 4. The molecule has 0 radical (unpaired) electrons. The van der Waals surface area contributed by atoms with Gasteiger partial charge in [-0.2, -0.15) is 15.5 Å². The molecule has 9 nitrogen and oxygen atoms in total. The van der Waals surface area contributed by atoms with Gasteiger partial charge < -0.3 is 20.1 Å². The summed E-state index contributed by atoms with van der Waals surface area (Å²) in [5, 5.41) is 23.9. The highest BCUT2D eigenvalue weighted by molar-refractivity contribution is 5.94. The minimum absolute atomic E-state index is 0.143. The minimum atomic E-state index is -0.474. The topological polar surface area (TPSA) is 133 Å². The van der Waals surface area contributed by atoms with Crippen LogP contribution in [0, 0.1) is 48.4 Å². The molecule has 0 atom stereocenters. The van der Waals surface area contributed by atoms with E-state index < -0.39 is 5.91 Å². The third-order valence-corrected chi connectivity index (χ3v) is 4.71. The summed E-state index contributed by atoms with van der Waals surface area (Å²) >= 11 is 0. The third-order valence-electron chi connectivity index (χ3n) is 4.71. The first-order valence-electron chi connectivity index (χ1n) is 10.6. The molecule has 2 aromatic carbocycles. The van der Waals surface area contributed by atoms with Crippen LogP contribution in [-0.2, 0) is 9.53 Å². The number of methoxy groups -OCH3 is 1. The summed E-state index contributed by atoms with van der Waals surface area (Å²) in [4.78, 5) is 20.7. The van der Waals surface area contributed by atoms with Crippen molar-refractivity contribution in [3.05, 3.63) is 70.4 Å². The van der Waals surface area contributed by atoms with Crippen molar-refractivity contribution in [3.63, 3.8) is 0 Å². The highest BCUT2D eigenvalue weighted by Crippen LogP contribution is 2.31. The van der Waals surface area contributed by atoms with E-state index >= 15 is 0 Å². The number of amides is 1. The summed E-state index contributed by atoms with van der Waals surface area (Å²) in [6.07, 6.45) is 1.46. The van der Waals surface area contributed by atoms with Crippen LogP contribution in [0.1, 0.15) is 27.8 Å². The quantitative estimate of drug-likeness (QED) is 0.399. The zero-order chi connectivity index (χ0) is 25.2. The molecular weight excluding hydrogens is 444 g/mol. The fraction of sp³-hybridized carbons (Fsp3) is 0.192. The average molecular weight is 467 g/mol. The Hall–Kier alpha value is -4.91. The molecule has 35 heavy (non-hydrogen) atoms. The van der Waals surface area contributed by atoms with Crippen molar-refractivity contribution in [2.45, 2.75) is 13.8 Å². The maximum atomic E-state index is 12.0. The first-order chi connectivity index (χ1) is 16.9. The lowest BCUT2D eigenvalue weighted by Crippen LogP contribution is -2.25. The number of ether oxygens (including phenoxy) is 2. The van der Waals surface area contributed by atoms with Gasteiger partial charge in [-0.05, 0) is 67.3 Å². The SMILES string of the molecule is COCCNC(=O)C#Cc1cnc(Nc2ccc(C#N)cc2)nc1Oc1c(C)cc(C#N)cc1C. The molecule has 0 aliphatic carbocycles. The Bertz CT molecular complexity index is 1350. The van der Waals surface area contributed by atoms with E-state index in [0.29, 0.717) is 41.3 Å². The van der Waals surface area contributed by atoms with Crippen LogP contribution >= 0.6 is 0 Å². The monoisotopic (exact) mass is 466 g/mol. The van der Waals surface area contributed by atoms with E-state index in [1.165, 1.54) is 6.20 Å². The minimum Gasteiger partial charge on any atom is -0.437 e. The van der Waals surface area contributed by atoms with Gasteiger partial charge in [0.2, 0.25) is 11.8 Å². The average Bonchev–Trinajstić information content (AvgIpc) is 2.86. The summed E-state index contributed by atoms with van der Waals surface area (Å²) < 4.78 is 11.0. The Labute approximate surface area is 203 Å². The summed E-state index contributed by atoms with van der Waals surface area (Å²) in [5.41, 5.74) is 3.53. The maximum absolute atomic E-state index is 12.0. The molecule has 2 N–H and O–H groups in total. The smallest absolute Gasteiger partial charge is 0.296 e. The second-order valence-electron chi connectivity index (χ2n) is 7.38. The van der Waals surface area contributed by atoms with Gasteiger partial charge in [-0.3, -0.25) is 4.79 Å². The van der Waals surface area contributed by atoms with Crippen molar-refractivity contribution < 1.29 is 14.3 Å². The van der Waals surface area contributed by atoms with Crippen LogP contribution in [-0.4, -0.2) is 36.1 Å². The Balaban J connectivity index is 1.95. The molecule has 0 aliphatic heterocycles. The van der Waals surface area contributed by atoms with Gasteiger partial charge in [-0.1, -0.05) is 0 Å². The lowest BCUT2D eigenvalue weighted by atomic mass is 10.1. The van der Waals surface area contributed by atoms with Gasteiger partial charge in [-0.15, -0.1) is 0 Å². The number of aryl methyl sites for hydroxylation is 2. The van der Waals surface area contributed by atoms with Crippen molar-refractivity contribution in [1.29, 1.82) is 10.5 Å². The van der Waals surface area contributed by atoms with Crippen LogP contribution in [0.5, 0.6) is 11.6 Å². The number of aromatic nitrogens is 2. The molecule has 1 heterocycles. The zero-order valence-electron chi connectivity index (χ0n) is 19.5. The van der Waals surface area contributed by atoms with Crippen molar-refractivity contribution in [2.75, 3.05) is 25.6 Å². The Morgan fingerprint density at radius 1 is 1.06 bits per heavy atom. The van der Waals surface area contributed by atoms with Crippen molar-refractivity contribution in [1.82, 2.24) is 15.3 Å². The number of hydrogen-bond donors (Lipinski definition) is 2. The highest BCUT2D eigenvalue weighted by atomic mass is 16.5. The molecule has 1 aromatic heterocycles. The summed E-state index contributed by atoms with van der Waals surface area (Å²) in [6, 6.07) is 14.4. The molecule has 0 fully saturated rings. The van der Waals surface area contributed by atoms with E-state index in [1.807, 2.05) is 13.8 Å². The Morgan fingerprint density at radius 3 is 2.37 bits per heavy atom. The largest absolute Gasteiger partial charge is 0.437 e. The number of nitriles is 2. The Morgan fingerprint density at radius 2 is 1.74 bits per heavy atom. The van der Waals surface area contributed by atoms with Gasteiger partial charge in [-0.25, -0.2) is 4.98 Å². The molecule has 1 amide bonds. The predicted molar refractivity (Wildman–Crippen MR) is 129 cm³/mol. The lowest BCUT2D eigenvalue weighted by molar-refractivity contribution is -0.115. The van der Waals surface area contributed by atoms with Crippen LogP contribution in [0.2, 0.25) is 0 Å². The van der Waals surface area contributed by atoms with Gasteiger partial charge in [0, 0.05) is 25.3 Å². The lowest BCUT2D eigenvalue weighted by Gasteiger charge is -2.14. The predicted octanol–water partition coefficient (Wildman–Crippen LogP) is 3.49. The number of carbonyl (C=O) groups excluding carboxylic acids is 1. The molecule has 3 aromatic rings. The fourth-order valence-corrected chi connectivity index (χ4v) is 3.05. The summed E-state index contributed by atoms with van der Waals surface area (Å²) in [7, 11) is 1.54. The van der Waals surface area contributed by atoms with E-state index in [4.69, 9.17) is 14.7 Å². The van der Waals surface area contributed by atoms with E-state index in [9.17, 15) is 10.1 Å². The maximum Gasteiger partial charge on any atom is 0.296 e. The third kappa shape index (κ3) is 6.79. The molecule has 0 bridgehead atoms. The second kappa shape index (κ2) is 11.8. The summed E-state index contributed by atoms with van der Waals surface area (Å²) in [6.45, 7) is 4.36. The molecule has 0 unspecified atom stereocenters. The van der Waals surface area contributed by atoms with Crippen LogP contribution in [0.3, 0.4) is 0 Å². The number of nitrogens with one attached hydrogen (secondary N) is 2. The molecule has 0 saturated heterocycles. The van der Waals surface area contributed by atoms with Crippen LogP contribution in [0.4, 0.5) is 11.6 Å². The van der Waals surface area contributed by atoms with Crippen molar-refractivity contribution in [3.8, 4) is 35.6 Å². The molecule has 0 aliphatic rings. The molecule has 9 heteroatoms. The summed E-state index contributed by atoms with van der Waals surface area (Å²) in [5.74, 6) is 5.70. The van der Waals surface area contributed by atoms with E-state index in [2.05, 4.69) is 44.6 Å². The molecule has 0 saturated carbocycles. The van der Waals surface area contributed by atoms with Crippen LogP contribution < -0.4 is 15.4 Å². The van der Waals surface area contributed by atoms with Crippen molar-refractivity contribution >= 4 is 17.5 Å². The van der Waals surface area contributed by atoms with Gasteiger partial charge in [0.05, 0.1) is 36.1 Å². The van der Waals surface area contributed by atoms with E-state index in [1.54, 1.807) is 43.5 Å². The normalized spacial score (nSPS) is 9.74. The van der Waals surface area contributed by atoms with Crippen molar-refractivity contribution in [2.24, 2.45) is 0 Å². The number of anilines is 2. The Kier molecular flexibility index (Phi) is 8.34. The standard InChI is InChI=1S/C26H22N6O3/c1-17-12-20(15-28)13-18(2)24(17)35-25-21(6-9-23(33)29-10-11-34-3)16-30-26(32-25)31-22-7-4-19(14-27)5-8-22/h4-5,7-8,12-13,16H,10-11H2,1-3H3,(H,29,33)(H,30,31,32). The molecule has 174 valence electrons. The van der Waals surface area contributed by atoms with Gasteiger partial charge in [0.25, 0.3) is 5.91 Å². The van der Waals surface area contributed by atoms with Crippen LogP contribution in [0.15, 0.2) is 42.6 Å². The fourth-order valence-electron chi connectivity index (χ4n) is 3.05. The molecule has 3 rings (SSSR count). The first-order valence-corrected chi connectivity index (χ1v) is 10.6. The van der Waals surface area contributed by atoms with Crippen LogP contribution in [0.25, 0.3) is 0 Å². The number of rotatable bonds is 7. The van der Waals surface area contributed by atoms with Gasteiger partial charge in [0.1, 0.15) is 11.3 Å². The van der Waals surface area contributed by atoms with Gasteiger partial charge in [0.15, 0.2) is 0 Å². The highest BCUT2D eigenvalue weighted by Gasteiger charge is 2.14. The zero-order valence-corrected chi connectivity index (χ0v) is 19.5. The second-order valence-corrected chi connectivity index (χ2v) is 7.38. The number of hydrogen-bond acceptors (Lipinski definition) is 8. The van der Waals surface area contributed by atoms with E-state index in [-0.39, 0.29) is 11.8 Å².